The van der Waals surface area contributed by atoms with Crippen molar-refractivity contribution in [3.63, 3.8) is 0 Å². The second-order valence-corrected chi connectivity index (χ2v) is 6.21. The standard InChI is InChI=1S/C16H16FN3OS/c1-10(11-3-5-12(17)6-4-11)20(2)9-14-18-13-7-8-22-15(13)16(21)19-14/h3-8,10H,9H2,1-2H3,(H,18,19,21)/t10-/m1/s1. The normalized spacial score (nSPS) is 12.9. The SMILES string of the molecule is C[C@H](c1ccc(F)cc1)N(C)Cc1nc2ccsc2c(=O)[nH]1. The number of thiophene rings is 1. The number of hydrogen-bond acceptors (Lipinski definition) is 4. The third-order valence-corrected chi connectivity index (χ3v) is 4.68. The van der Waals surface area contributed by atoms with Gasteiger partial charge in [-0.3, -0.25) is 9.69 Å². The molecule has 0 aliphatic carbocycles. The Morgan fingerprint density at radius 1 is 1.32 bits per heavy atom. The molecule has 0 unspecified atom stereocenters. The quantitative estimate of drug-likeness (QED) is 0.803. The highest BCUT2D eigenvalue weighted by molar-refractivity contribution is 7.17. The zero-order chi connectivity index (χ0) is 15.7. The molecule has 1 aromatic carbocycles. The second kappa shape index (κ2) is 5.98. The van der Waals surface area contributed by atoms with E-state index in [9.17, 15) is 9.18 Å². The molecule has 1 atom stereocenters. The number of benzene rings is 1. The summed E-state index contributed by atoms with van der Waals surface area (Å²) >= 11 is 1.39. The van der Waals surface area contributed by atoms with Gasteiger partial charge in [0.15, 0.2) is 0 Å². The maximum absolute atomic E-state index is 13.0. The number of nitrogens with one attached hydrogen (secondary N) is 1. The summed E-state index contributed by atoms with van der Waals surface area (Å²) in [6.45, 7) is 2.55. The average Bonchev–Trinajstić information content (AvgIpc) is 2.96. The third-order valence-electron chi connectivity index (χ3n) is 3.78. The van der Waals surface area contributed by atoms with Crippen molar-refractivity contribution in [1.82, 2.24) is 14.9 Å². The maximum atomic E-state index is 13.0. The summed E-state index contributed by atoms with van der Waals surface area (Å²) in [6.07, 6.45) is 0. The number of rotatable bonds is 4. The van der Waals surface area contributed by atoms with Gasteiger partial charge >= 0.3 is 0 Å². The van der Waals surface area contributed by atoms with Crippen LogP contribution in [0.4, 0.5) is 4.39 Å². The van der Waals surface area contributed by atoms with Crippen molar-refractivity contribution in [3.05, 3.63) is 63.3 Å². The van der Waals surface area contributed by atoms with Crippen LogP contribution in [0.25, 0.3) is 10.2 Å². The van der Waals surface area contributed by atoms with Crippen LogP contribution in [0.5, 0.6) is 0 Å². The molecule has 4 nitrogen and oxygen atoms in total. The Morgan fingerprint density at radius 2 is 2.05 bits per heavy atom. The van der Waals surface area contributed by atoms with Crippen LogP contribution in [0, 0.1) is 5.82 Å². The topological polar surface area (TPSA) is 49.0 Å². The van der Waals surface area contributed by atoms with Crippen molar-refractivity contribution < 1.29 is 4.39 Å². The second-order valence-electron chi connectivity index (χ2n) is 5.29. The summed E-state index contributed by atoms with van der Waals surface area (Å²) in [4.78, 5) is 21.3. The van der Waals surface area contributed by atoms with Crippen LogP contribution in [-0.4, -0.2) is 21.9 Å². The van der Waals surface area contributed by atoms with Crippen molar-refractivity contribution in [3.8, 4) is 0 Å². The zero-order valence-corrected chi connectivity index (χ0v) is 13.2. The maximum Gasteiger partial charge on any atom is 0.268 e. The van der Waals surface area contributed by atoms with Crippen LogP contribution in [0.3, 0.4) is 0 Å². The Labute approximate surface area is 131 Å². The fraction of sp³-hybridized carbons (Fsp3) is 0.250. The van der Waals surface area contributed by atoms with Gasteiger partial charge in [0.1, 0.15) is 16.3 Å². The van der Waals surface area contributed by atoms with Gasteiger partial charge < -0.3 is 4.98 Å². The summed E-state index contributed by atoms with van der Waals surface area (Å²) in [7, 11) is 1.95. The van der Waals surface area contributed by atoms with Crippen LogP contribution in [0.1, 0.15) is 24.4 Å². The van der Waals surface area contributed by atoms with Gasteiger partial charge in [-0.25, -0.2) is 9.37 Å². The third kappa shape index (κ3) is 2.93. The molecular weight excluding hydrogens is 301 g/mol. The largest absolute Gasteiger partial charge is 0.308 e. The molecule has 0 radical (unpaired) electrons. The molecule has 6 heteroatoms. The number of nitrogens with zero attached hydrogens (tertiary/aromatic N) is 2. The highest BCUT2D eigenvalue weighted by atomic mass is 32.1. The van der Waals surface area contributed by atoms with Crippen molar-refractivity contribution in [1.29, 1.82) is 0 Å². The predicted octanol–water partition coefficient (Wildman–Crippen LogP) is 3.32. The summed E-state index contributed by atoms with van der Waals surface area (Å²) in [5.74, 6) is 0.389. The van der Waals surface area contributed by atoms with E-state index in [2.05, 4.69) is 14.9 Å². The summed E-state index contributed by atoms with van der Waals surface area (Å²) in [5, 5.41) is 1.86. The number of halogens is 1. The van der Waals surface area contributed by atoms with Gasteiger partial charge in [-0.15, -0.1) is 11.3 Å². The highest BCUT2D eigenvalue weighted by Crippen LogP contribution is 2.21. The fourth-order valence-corrected chi connectivity index (χ4v) is 3.09. The molecule has 0 amide bonds. The summed E-state index contributed by atoms with van der Waals surface area (Å²) < 4.78 is 13.6. The molecule has 1 N–H and O–H groups in total. The number of fused-ring (bicyclic) bond motifs is 1. The van der Waals surface area contributed by atoms with Crippen LogP contribution in [0.15, 0.2) is 40.5 Å². The Bertz CT molecular complexity index is 840. The minimum absolute atomic E-state index is 0.0871. The molecule has 0 bridgehead atoms. The molecule has 114 valence electrons. The van der Waals surface area contributed by atoms with Crippen molar-refractivity contribution in [2.24, 2.45) is 0 Å². The lowest BCUT2D eigenvalue weighted by molar-refractivity contribution is 0.247. The van der Waals surface area contributed by atoms with Crippen LogP contribution in [-0.2, 0) is 6.54 Å². The van der Waals surface area contributed by atoms with Gasteiger partial charge in [0.25, 0.3) is 5.56 Å². The highest BCUT2D eigenvalue weighted by Gasteiger charge is 2.14. The first-order valence-corrected chi connectivity index (χ1v) is 7.84. The molecule has 3 aromatic rings. The summed E-state index contributed by atoms with van der Waals surface area (Å²) in [6, 6.07) is 8.39. The molecule has 0 saturated carbocycles. The molecule has 0 aliphatic heterocycles. The van der Waals surface area contributed by atoms with E-state index in [1.165, 1.54) is 23.5 Å². The molecular formula is C16H16FN3OS. The molecule has 2 aromatic heterocycles. The fourth-order valence-electron chi connectivity index (χ4n) is 2.37. The molecule has 0 saturated heterocycles. The lowest BCUT2D eigenvalue weighted by Crippen LogP contribution is -2.24. The van der Waals surface area contributed by atoms with E-state index in [1.807, 2.05) is 25.4 Å². The molecule has 0 fully saturated rings. The number of hydrogen-bond donors (Lipinski definition) is 1. The Morgan fingerprint density at radius 3 is 2.77 bits per heavy atom. The van der Waals surface area contributed by atoms with Crippen molar-refractivity contribution in [2.75, 3.05) is 7.05 Å². The van der Waals surface area contributed by atoms with Crippen molar-refractivity contribution in [2.45, 2.75) is 19.5 Å². The minimum Gasteiger partial charge on any atom is -0.308 e. The van der Waals surface area contributed by atoms with E-state index in [-0.39, 0.29) is 17.4 Å². The van der Waals surface area contributed by atoms with E-state index >= 15 is 0 Å². The van der Waals surface area contributed by atoms with Crippen LogP contribution < -0.4 is 5.56 Å². The number of H-pyrrole nitrogens is 1. The number of aromatic amines is 1. The van der Waals surface area contributed by atoms with Crippen LogP contribution in [0.2, 0.25) is 0 Å². The number of aromatic nitrogens is 2. The molecule has 0 aliphatic rings. The Kier molecular flexibility index (Phi) is 4.04. The van der Waals surface area contributed by atoms with Gasteiger partial charge in [0.05, 0.1) is 12.1 Å². The molecule has 22 heavy (non-hydrogen) atoms. The average molecular weight is 317 g/mol. The monoisotopic (exact) mass is 317 g/mol. The first-order chi connectivity index (χ1) is 10.5. The smallest absolute Gasteiger partial charge is 0.268 e. The van der Waals surface area contributed by atoms with E-state index in [0.29, 0.717) is 17.1 Å². The van der Waals surface area contributed by atoms with E-state index < -0.39 is 0 Å². The predicted molar refractivity (Wildman–Crippen MR) is 86.5 cm³/mol. The van der Waals surface area contributed by atoms with Crippen molar-refractivity contribution >= 4 is 21.6 Å². The van der Waals surface area contributed by atoms with Gasteiger partial charge in [0, 0.05) is 6.04 Å². The Hall–Kier alpha value is -2.05. The molecule has 3 rings (SSSR count). The van der Waals surface area contributed by atoms with E-state index in [1.54, 1.807) is 12.1 Å². The van der Waals surface area contributed by atoms with E-state index in [0.717, 1.165) is 11.1 Å². The van der Waals surface area contributed by atoms with Gasteiger partial charge in [-0.2, -0.15) is 0 Å². The van der Waals surface area contributed by atoms with Gasteiger partial charge in [-0.05, 0) is 43.1 Å². The zero-order valence-electron chi connectivity index (χ0n) is 12.3. The molecule has 2 heterocycles. The minimum atomic E-state index is -0.243. The molecule has 0 spiro atoms. The Balaban J connectivity index is 1.81. The van der Waals surface area contributed by atoms with Gasteiger partial charge in [-0.1, -0.05) is 12.1 Å². The lowest BCUT2D eigenvalue weighted by atomic mass is 10.1. The lowest BCUT2D eigenvalue weighted by Gasteiger charge is -2.24. The van der Waals surface area contributed by atoms with E-state index in [4.69, 9.17) is 0 Å². The van der Waals surface area contributed by atoms with Gasteiger partial charge in [0.2, 0.25) is 0 Å². The van der Waals surface area contributed by atoms with Crippen LogP contribution >= 0.6 is 11.3 Å². The summed E-state index contributed by atoms with van der Waals surface area (Å²) in [5.41, 5.74) is 1.65. The first kappa shape index (κ1) is 14.9. The first-order valence-electron chi connectivity index (χ1n) is 6.96.